The Hall–Kier alpha value is -3.14. The number of nitrogens with one attached hydrogen (secondary N) is 2. The molecule has 10 heteroatoms. The molecule has 2 N–H and O–H groups in total. The summed E-state index contributed by atoms with van der Waals surface area (Å²) in [5.74, 6) is 0.508. The van der Waals surface area contributed by atoms with E-state index in [9.17, 15) is 9.59 Å². The van der Waals surface area contributed by atoms with Crippen LogP contribution in [0.4, 0.5) is 11.5 Å². The Labute approximate surface area is 160 Å². The first-order valence-corrected chi connectivity index (χ1v) is 9.12. The molecule has 0 spiro atoms. The second-order valence-corrected chi connectivity index (χ2v) is 6.79. The van der Waals surface area contributed by atoms with Gasteiger partial charge in [-0.3, -0.25) is 18.8 Å². The lowest BCUT2D eigenvalue weighted by Gasteiger charge is -2.09. The average molecular weight is 385 g/mol. The van der Waals surface area contributed by atoms with E-state index in [1.54, 1.807) is 34.8 Å². The van der Waals surface area contributed by atoms with Crippen LogP contribution in [0.2, 0.25) is 0 Å². The summed E-state index contributed by atoms with van der Waals surface area (Å²) in [7, 11) is 1.77. The van der Waals surface area contributed by atoms with Crippen molar-refractivity contribution in [3.8, 4) is 5.69 Å². The van der Waals surface area contributed by atoms with Crippen LogP contribution in [-0.2, 0) is 16.6 Å². The predicted molar refractivity (Wildman–Crippen MR) is 103 cm³/mol. The molecule has 0 aliphatic carbocycles. The van der Waals surface area contributed by atoms with E-state index in [0.29, 0.717) is 16.7 Å². The summed E-state index contributed by atoms with van der Waals surface area (Å²) < 4.78 is 3.38. The van der Waals surface area contributed by atoms with E-state index in [2.05, 4.69) is 25.9 Å². The van der Waals surface area contributed by atoms with Crippen molar-refractivity contribution in [3.05, 3.63) is 42.4 Å². The fourth-order valence-corrected chi connectivity index (χ4v) is 3.20. The summed E-state index contributed by atoms with van der Waals surface area (Å²) in [6.07, 6.45) is 1.57. The number of aryl methyl sites for hydroxylation is 2. The average Bonchev–Trinajstić information content (AvgIpc) is 3.19. The molecular formula is C17H19N7O2S. The molecule has 0 bridgehead atoms. The van der Waals surface area contributed by atoms with Crippen LogP contribution in [0.25, 0.3) is 5.69 Å². The van der Waals surface area contributed by atoms with E-state index in [-0.39, 0.29) is 17.6 Å². The summed E-state index contributed by atoms with van der Waals surface area (Å²) in [4.78, 5) is 23.4. The van der Waals surface area contributed by atoms with Crippen LogP contribution in [0.5, 0.6) is 0 Å². The van der Waals surface area contributed by atoms with Crippen molar-refractivity contribution in [2.24, 2.45) is 7.05 Å². The van der Waals surface area contributed by atoms with Gasteiger partial charge in [0.2, 0.25) is 11.8 Å². The zero-order valence-corrected chi connectivity index (χ0v) is 15.9. The highest BCUT2D eigenvalue weighted by Crippen LogP contribution is 2.22. The maximum absolute atomic E-state index is 12.2. The molecule has 2 amide bonds. The maximum atomic E-state index is 12.2. The van der Waals surface area contributed by atoms with Crippen molar-refractivity contribution in [1.82, 2.24) is 24.5 Å². The van der Waals surface area contributed by atoms with Crippen LogP contribution in [-0.4, -0.2) is 42.1 Å². The van der Waals surface area contributed by atoms with Gasteiger partial charge in [-0.1, -0.05) is 17.8 Å². The zero-order valence-electron chi connectivity index (χ0n) is 15.1. The predicted octanol–water partition coefficient (Wildman–Crippen LogP) is 2.00. The molecule has 1 aromatic carbocycles. The minimum absolute atomic E-state index is 0.146. The van der Waals surface area contributed by atoms with Crippen LogP contribution in [0.1, 0.15) is 12.6 Å². The molecule has 3 aromatic rings. The highest BCUT2D eigenvalue weighted by Gasteiger charge is 2.12. The number of hydrogen-bond acceptors (Lipinski definition) is 6. The van der Waals surface area contributed by atoms with Gasteiger partial charge in [-0.25, -0.2) is 0 Å². The molecular weight excluding hydrogens is 366 g/mol. The van der Waals surface area contributed by atoms with Gasteiger partial charge in [-0.15, -0.1) is 10.2 Å². The van der Waals surface area contributed by atoms with Crippen LogP contribution in [0.3, 0.4) is 0 Å². The third-order valence-corrected chi connectivity index (χ3v) is 4.51. The molecule has 0 fully saturated rings. The first kappa shape index (κ1) is 18.6. The minimum Gasteiger partial charge on any atom is -0.326 e. The lowest BCUT2D eigenvalue weighted by molar-refractivity contribution is -0.114. The Morgan fingerprint density at radius 3 is 2.74 bits per heavy atom. The summed E-state index contributed by atoms with van der Waals surface area (Å²) in [6, 6.07) is 9.11. The number of hydrogen-bond donors (Lipinski definition) is 2. The quantitative estimate of drug-likeness (QED) is 0.629. The maximum Gasteiger partial charge on any atom is 0.235 e. The molecule has 0 atom stereocenters. The van der Waals surface area contributed by atoms with E-state index in [0.717, 1.165) is 11.4 Å². The molecule has 27 heavy (non-hydrogen) atoms. The molecule has 0 saturated heterocycles. The lowest BCUT2D eigenvalue weighted by Crippen LogP contribution is -2.16. The topological polar surface area (TPSA) is 107 Å². The normalized spacial score (nSPS) is 10.6. The largest absolute Gasteiger partial charge is 0.326 e. The number of nitrogens with zero attached hydrogens (tertiary/aromatic N) is 5. The number of benzene rings is 1. The molecule has 0 unspecified atom stereocenters. The van der Waals surface area contributed by atoms with Gasteiger partial charge in [0.25, 0.3) is 0 Å². The van der Waals surface area contributed by atoms with Crippen molar-refractivity contribution in [2.75, 3.05) is 16.4 Å². The molecule has 9 nitrogen and oxygen atoms in total. The number of rotatable bonds is 6. The van der Waals surface area contributed by atoms with Crippen LogP contribution in [0, 0.1) is 6.92 Å². The highest BCUT2D eigenvalue weighted by molar-refractivity contribution is 7.99. The Bertz CT molecular complexity index is 979. The monoisotopic (exact) mass is 385 g/mol. The third kappa shape index (κ3) is 4.73. The molecule has 0 radical (unpaired) electrons. The highest BCUT2D eigenvalue weighted by atomic mass is 32.2. The Kier molecular flexibility index (Phi) is 5.55. The SMILES string of the molecule is CC(=O)Nc1cccc(-n2cnnc2SCC(=O)Nc2cc(C)nn2C)c1. The Balaban J connectivity index is 1.67. The Morgan fingerprint density at radius 1 is 1.22 bits per heavy atom. The molecule has 0 aliphatic rings. The molecule has 2 heterocycles. The van der Waals surface area contributed by atoms with Gasteiger partial charge in [0.05, 0.1) is 17.1 Å². The first-order chi connectivity index (χ1) is 12.9. The van der Waals surface area contributed by atoms with Crippen molar-refractivity contribution in [1.29, 1.82) is 0 Å². The van der Waals surface area contributed by atoms with E-state index in [1.807, 2.05) is 25.1 Å². The van der Waals surface area contributed by atoms with Crippen LogP contribution < -0.4 is 10.6 Å². The summed E-state index contributed by atoms with van der Waals surface area (Å²) in [5, 5.41) is 18.3. The second-order valence-electron chi connectivity index (χ2n) is 5.85. The summed E-state index contributed by atoms with van der Waals surface area (Å²) in [5.41, 5.74) is 2.30. The van der Waals surface area contributed by atoms with Crippen molar-refractivity contribution >= 4 is 35.1 Å². The number of thioether (sulfide) groups is 1. The van der Waals surface area contributed by atoms with Crippen molar-refractivity contribution in [2.45, 2.75) is 19.0 Å². The first-order valence-electron chi connectivity index (χ1n) is 8.13. The van der Waals surface area contributed by atoms with Gasteiger partial charge in [0.15, 0.2) is 5.16 Å². The smallest absolute Gasteiger partial charge is 0.235 e. The number of carbonyl (C=O) groups is 2. The van der Waals surface area contributed by atoms with Crippen LogP contribution >= 0.6 is 11.8 Å². The summed E-state index contributed by atoms with van der Waals surface area (Å²) in [6.45, 7) is 3.32. The molecule has 0 aliphatic heterocycles. The number of carbonyl (C=O) groups excluding carboxylic acids is 2. The molecule has 140 valence electrons. The second kappa shape index (κ2) is 8.04. The molecule has 3 rings (SSSR count). The Morgan fingerprint density at radius 2 is 2.04 bits per heavy atom. The van der Waals surface area contributed by atoms with E-state index < -0.39 is 0 Å². The zero-order chi connectivity index (χ0) is 19.4. The van der Waals surface area contributed by atoms with Crippen LogP contribution in [0.15, 0.2) is 41.8 Å². The fourth-order valence-electron chi connectivity index (χ4n) is 2.47. The molecule has 2 aromatic heterocycles. The van der Waals surface area contributed by atoms with E-state index in [4.69, 9.17) is 0 Å². The van der Waals surface area contributed by atoms with Crippen molar-refractivity contribution in [3.63, 3.8) is 0 Å². The third-order valence-electron chi connectivity index (χ3n) is 3.56. The van der Waals surface area contributed by atoms with Gasteiger partial charge in [0.1, 0.15) is 12.1 Å². The van der Waals surface area contributed by atoms with Gasteiger partial charge >= 0.3 is 0 Å². The van der Waals surface area contributed by atoms with Gasteiger partial charge in [-0.05, 0) is 25.1 Å². The minimum atomic E-state index is -0.162. The standard InChI is InChI=1S/C17H19N7O2S/c1-11-7-15(23(3)22-11)20-16(26)9-27-17-21-18-10-24(17)14-6-4-5-13(8-14)19-12(2)25/h4-8,10H,9H2,1-3H3,(H,19,25)(H,20,26). The fraction of sp³-hybridized carbons (Fsp3) is 0.235. The molecule has 0 saturated carbocycles. The van der Waals surface area contributed by atoms with Gasteiger partial charge < -0.3 is 10.6 Å². The van der Waals surface area contributed by atoms with E-state index >= 15 is 0 Å². The van der Waals surface area contributed by atoms with Gasteiger partial charge in [-0.2, -0.15) is 5.10 Å². The number of amides is 2. The van der Waals surface area contributed by atoms with Gasteiger partial charge in [0, 0.05) is 25.7 Å². The van der Waals surface area contributed by atoms with E-state index in [1.165, 1.54) is 18.7 Å². The number of anilines is 2. The number of aromatic nitrogens is 5. The summed E-state index contributed by atoms with van der Waals surface area (Å²) >= 11 is 1.27. The van der Waals surface area contributed by atoms with Crippen molar-refractivity contribution < 1.29 is 9.59 Å². The lowest BCUT2D eigenvalue weighted by atomic mass is 10.2.